The molecule has 1 amide bonds. The summed E-state index contributed by atoms with van der Waals surface area (Å²) in [7, 11) is -4.66. The Bertz CT molecular complexity index is 583. The summed E-state index contributed by atoms with van der Waals surface area (Å²) in [5.74, 6) is 0.00106. The van der Waals surface area contributed by atoms with Crippen LogP contribution < -0.4 is 0 Å². The zero-order valence-corrected chi connectivity index (χ0v) is 10.8. The first-order chi connectivity index (χ1) is 8.38. The second-order valence-electron chi connectivity index (χ2n) is 4.37. The quantitative estimate of drug-likeness (QED) is 0.723. The van der Waals surface area contributed by atoms with E-state index in [-0.39, 0.29) is 10.8 Å². The zero-order chi connectivity index (χ0) is 13.3. The molecular formula is C12H14FNO3S. The first-order valence-electron chi connectivity index (χ1n) is 5.70. The molecule has 0 aromatic heterocycles. The van der Waals surface area contributed by atoms with Gasteiger partial charge in [0.05, 0.1) is 4.90 Å². The van der Waals surface area contributed by atoms with Crippen LogP contribution in [-0.2, 0) is 27.9 Å². The molecule has 0 unspecified atom stereocenters. The number of halogens is 1. The van der Waals surface area contributed by atoms with E-state index in [1.54, 1.807) is 11.0 Å². The van der Waals surface area contributed by atoms with Gasteiger partial charge in [-0.3, -0.25) is 4.79 Å². The van der Waals surface area contributed by atoms with Crippen molar-refractivity contribution in [3.05, 3.63) is 29.3 Å². The standard InChI is InChI=1S/C12H14FNO3S/c1-9(15)14-6-4-10-2-3-12(18(13,16)17)8-11(10)5-7-14/h2-3,8H,4-7H2,1H3. The van der Waals surface area contributed by atoms with Crippen LogP contribution >= 0.6 is 0 Å². The van der Waals surface area contributed by atoms with Gasteiger partial charge in [-0.05, 0) is 36.1 Å². The highest BCUT2D eigenvalue weighted by molar-refractivity contribution is 7.86. The Morgan fingerprint density at radius 1 is 1.22 bits per heavy atom. The maximum Gasteiger partial charge on any atom is 0.332 e. The van der Waals surface area contributed by atoms with E-state index in [0.717, 1.165) is 11.1 Å². The summed E-state index contributed by atoms with van der Waals surface area (Å²) in [6.45, 7) is 2.66. The smallest absolute Gasteiger partial charge is 0.332 e. The van der Waals surface area contributed by atoms with Crippen LogP contribution in [0.1, 0.15) is 18.1 Å². The summed E-state index contributed by atoms with van der Waals surface area (Å²) < 4.78 is 34.6. The molecule has 1 aromatic rings. The fourth-order valence-electron chi connectivity index (χ4n) is 2.17. The first kappa shape index (κ1) is 13.0. The largest absolute Gasteiger partial charge is 0.342 e. The van der Waals surface area contributed by atoms with Crippen molar-refractivity contribution in [1.82, 2.24) is 4.90 Å². The molecule has 1 aromatic carbocycles. The molecule has 1 aliphatic rings. The molecule has 0 bridgehead atoms. The summed E-state index contributed by atoms with van der Waals surface area (Å²) >= 11 is 0. The molecule has 4 nitrogen and oxygen atoms in total. The molecule has 2 rings (SSSR count). The predicted molar refractivity (Wildman–Crippen MR) is 64.4 cm³/mol. The Balaban J connectivity index is 2.32. The van der Waals surface area contributed by atoms with Gasteiger partial charge in [0, 0.05) is 20.0 Å². The van der Waals surface area contributed by atoms with Crippen molar-refractivity contribution in [3.8, 4) is 0 Å². The highest BCUT2D eigenvalue weighted by atomic mass is 32.3. The minimum atomic E-state index is -4.66. The van der Waals surface area contributed by atoms with Gasteiger partial charge < -0.3 is 4.90 Å². The number of amides is 1. The Kier molecular flexibility index (Phi) is 3.38. The lowest BCUT2D eigenvalue weighted by Gasteiger charge is -2.17. The molecule has 1 heterocycles. The average molecular weight is 271 g/mol. The van der Waals surface area contributed by atoms with Crippen molar-refractivity contribution in [1.29, 1.82) is 0 Å². The van der Waals surface area contributed by atoms with Crippen molar-refractivity contribution < 1.29 is 17.1 Å². The van der Waals surface area contributed by atoms with Gasteiger partial charge in [0.2, 0.25) is 5.91 Å². The number of rotatable bonds is 1. The summed E-state index contributed by atoms with van der Waals surface area (Å²) in [6, 6.07) is 4.28. The Morgan fingerprint density at radius 2 is 1.83 bits per heavy atom. The van der Waals surface area contributed by atoms with Crippen molar-refractivity contribution >= 4 is 16.1 Å². The van der Waals surface area contributed by atoms with Gasteiger partial charge in [-0.2, -0.15) is 8.42 Å². The van der Waals surface area contributed by atoms with Crippen molar-refractivity contribution in [3.63, 3.8) is 0 Å². The second-order valence-corrected chi connectivity index (χ2v) is 5.72. The third-order valence-electron chi connectivity index (χ3n) is 3.21. The maximum atomic E-state index is 12.9. The molecule has 0 saturated heterocycles. The van der Waals surface area contributed by atoms with Gasteiger partial charge >= 0.3 is 10.2 Å². The Hall–Kier alpha value is -1.43. The lowest BCUT2D eigenvalue weighted by Crippen LogP contribution is -2.30. The summed E-state index contributed by atoms with van der Waals surface area (Å²) in [6.07, 6.45) is 1.22. The maximum absolute atomic E-state index is 12.9. The highest BCUT2D eigenvalue weighted by Gasteiger charge is 2.19. The number of benzene rings is 1. The number of fused-ring (bicyclic) bond motifs is 1. The molecule has 0 saturated carbocycles. The van der Waals surface area contributed by atoms with Crippen LogP contribution in [-0.4, -0.2) is 32.3 Å². The average Bonchev–Trinajstić information content (AvgIpc) is 2.48. The van der Waals surface area contributed by atoms with Crippen LogP contribution in [0.15, 0.2) is 23.1 Å². The number of nitrogens with zero attached hydrogens (tertiary/aromatic N) is 1. The van der Waals surface area contributed by atoms with Gasteiger partial charge in [0.25, 0.3) is 0 Å². The lowest BCUT2D eigenvalue weighted by molar-refractivity contribution is -0.128. The molecule has 0 N–H and O–H groups in total. The molecule has 0 atom stereocenters. The number of hydrogen-bond acceptors (Lipinski definition) is 3. The van der Waals surface area contributed by atoms with Crippen molar-refractivity contribution in [2.45, 2.75) is 24.7 Å². The monoisotopic (exact) mass is 271 g/mol. The Morgan fingerprint density at radius 3 is 2.39 bits per heavy atom. The van der Waals surface area contributed by atoms with Crippen LogP contribution in [0.3, 0.4) is 0 Å². The van der Waals surface area contributed by atoms with Gasteiger partial charge in [0.15, 0.2) is 0 Å². The summed E-state index contributed by atoms with van der Waals surface area (Å²) in [5, 5.41) is 0. The molecule has 98 valence electrons. The van der Waals surface area contributed by atoms with E-state index in [1.807, 2.05) is 0 Å². The third kappa shape index (κ3) is 2.69. The van der Waals surface area contributed by atoms with E-state index < -0.39 is 10.2 Å². The van der Waals surface area contributed by atoms with Crippen molar-refractivity contribution in [2.75, 3.05) is 13.1 Å². The normalized spacial score (nSPS) is 16.0. The zero-order valence-electron chi connectivity index (χ0n) is 10.0. The van der Waals surface area contributed by atoms with Gasteiger partial charge in [-0.15, -0.1) is 3.89 Å². The van der Waals surface area contributed by atoms with Crippen LogP contribution in [0.25, 0.3) is 0 Å². The molecule has 1 aliphatic heterocycles. The van der Waals surface area contributed by atoms with Crippen LogP contribution in [0.2, 0.25) is 0 Å². The minimum absolute atomic E-state index is 0.00106. The SMILES string of the molecule is CC(=O)N1CCc2ccc(S(=O)(=O)F)cc2CC1. The summed E-state index contributed by atoms with van der Waals surface area (Å²) in [5.41, 5.74) is 1.78. The van der Waals surface area contributed by atoms with Crippen LogP contribution in [0.4, 0.5) is 3.89 Å². The van der Waals surface area contributed by atoms with E-state index >= 15 is 0 Å². The van der Waals surface area contributed by atoms with Crippen molar-refractivity contribution in [2.24, 2.45) is 0 Å². The van der Waals surface area contributed by atoms with E-state index in [1.165, 1.54) is 19.1 Å². The molecule has 18 heavy (non-hydrogen) atoms. The molecule has 0 spiro atoms. The third-order valence-corrected chi connectivity index (χ3v) is 4.02. The van der Waals surface area contributed by atoms with Crippen LogP contribution in [0, 0.1) is 0 Å². The van der Waals surface area contributed by atoms with E-state index in [2.05, 4.69) is 0 Å². The minimum Gasteiger partial charge on any atom is -0.342 e. The summed E-state index contributed by atoms with van der Waals surface area (Å²) in [4.78, 5) is 12.7. The topological polar surface area (TPSA) is 54.5 Å². The van der Waals surface area contributed by atoms with E-state index in [4.69, 9.17) is 0 Å². The van der Waals surface area contributed by atoms with Gasteiger partial charge in [0.1, 0.15) is 0 Å². The highest BCUT2D eigenvalue weighted by Crippen LogP contribution is 2.21. The molecular weight excluding hydrogens is 257 g/mol. The van der Waals surface area contributed by atoms with E-state index in [0.29, 0.717) is 25.9 Å². The van der Waals surface area contributed by atoms with Gasteiger partial charge in [-0.1, -0.05) is 6.07 Å². The second kappa shape index (κ2) is 4.68. The first-order valence-corrected chi connectivity index (χ1v) is 7.08. The molecule has 0 fully saturated rings. The van der Waals surface area contributed by atoms with Crippen LogP contribution in [0.5, 0.6) is 0 Å². The predicted octanol–water partition coefficient (Wildman–Crippen LogP) is 1.29. The fraction of sp³-hybridized carbons (Fsp3) is 0.417. The fourth-order valence-corrected chi connectivity index (χ4v) is 2.68. The molecule has 0 aliphatic carbocycles. The molecule has 0 radical (unpaired) electrons. The van der Waals surface area contributed by atoms with Gasteiger partial charge in [-0.25, -0.2) is 0 Å². The van der Waals surface area contributed by atoms with E-state index in [9.17, 15) is 17.1 Å². The molecule has 6 heteroatoms. The lowest BCUT2D eigenvalue weighted by atomic mass is 10.0. The number of hydrogen-bond donors (Lipinski definition) is 0. The Labute approximate surface area is 106 Å². The number of carbonyl (C=O) groups is 1. The number of carbonyl (C=O) groups excluding carboxylic acids is 1.